The van der Waals surface area contributed by atoms with E-state index in [-0.39, 0.29) is 10.9 Å². The number of nitrogens with zero attached hydrogens (tertiary/aromatic N) is 5. The Morgan fingerprint density at radius 1 is 1.31 bits per heavy atom. The van der Waals surface area contributed by atoms with Gasteiger partial charge in [-0.3, -0.25) is 4.68 Å². The maximum atomic E-state index is 13.4. The molecule has 0 amide bonds. The fourth-order valence-electron chi connectivity index (χ4n) is 3.59. The van der Waals surface area contributed by atoms with E-state index in [2.05, 4.69) is 20.4 Å². The molecular weight excluding hydrogens is 408 g/mol. The van der Waals surface area contributed by atoms with Gasteiger partial charge in [0.25, 0.3) is 0 Å². The van der Waals surface area contributed by atoms with Gasteiger partial charge in [-0.25, -0.2) is 18.4 Å². The van der Waals surface area contributed by atoms with Crippen LogP contribution in [-0.4, -0.2) is 39.0 Å². The molecule has 1 aliphatic heterocycles. The molecule has 154 valence electrons. The van der Waals surface area contributed by atoms with E-state index >= 15 is 0 Å². The summed E-state index contributed by atoms with van der Waals surface area (Å²) >= 11 is 1.55. The molecule has 0 aliphatic carbocycles. The zero-order valence-corrected chi connectivity index (χ0v) is 18.3. The Balaban J connectivity index is 1.63. The first-order chi connectivity index (χ1) is 13.9. The average molecular weight is 433 g/mol. The van der Waals surface area contributed by atoms with Crippen molar-refractivity contribution in [3.8, 4) is 0 Å². The second kappa shape index (κ2) is 7.85. The molecule has 0 bridgehead atoms. The summed E-state index contributed by atoms with van der Waals surface area (Å²) in [4.78, 5) is 10.4. The first-order valence-corrected chi connectivity index (χ1v) is 11.9. The lowest BCUT2D eigenvalue weighted by molar-refractivity contribution is 0.390. The molecule has 1 aliphatic rings. The smallest absolute Gasteiger partial charge is 0.247 e. The van der Waals surface area contributed by atoms with E-state index in [1.807, 2.05) is 32.0 Å². The SMILES string of the molecule is CCn1cc(S(=O)(=O)N2CCC[C@H]2c2cccc(Nc3ncc(C)s3)n2)c(C)n1. The van der Waals surface area contributed by atoms with E-state index in [4.69, 9.17) is 0 Å². The molecule has 0 unspecified atom stereocenters. The van der Waals surface area contributed by atoms with E-state index in [0.717, 1.165) is 28.5 Å². The summed E-state index contributed by atoms with van der Waals surface area (Å²) in [6, 6.07) is 5.36. The van der Waals surface area contributed by atoms with Crippen molar-refractivity contribution in [2.75, 3.05) is 11.9 Å². The molecule has 3 aromatic rings. The van der Waals surface area contributed by atoms with Gasteiger partial charge in [0.15, 0.2) is 5.13 Å². The Morgan fingerprint density at radius 3 is 2.83 bits per heavy atom. The normalized spacial score (nSPS) is 17.7. The Kier molecular flexibility index (Phi) is 5.41. The van der Waals surface area contributed by atoms with Crippen LogP contribution in [0.5, 0.6) is 0 Å². The minimum atomic E-state index is -3.65. The van der Waals surface area contributed by atoms with Crippen molar-refractivity contribution < 1.29 is 8.42 Å². The summed E-state index contributed by atoms with van der Waals surface area (Å²) in [7, 11) is -3.65. The maximum absolute atomic E-state index is 13.4. The summed E-state index contributed by atoms with van der Waals surface area (Å²) in [5.41, 5.74) is 1.27. The van der Waals surface area contributed by atoms with Crippen molar-refractivity contribution in [1.29, 1.82) is 0 Å². The number of hydrogen-bond acceptors (Lipinski definition) is 7. The highest BCUT2D eigenvalue weighted by atomic mass is 32.2. The molecule has 0 radical (unpaired) electrons. The number of hydrogen-bond donors (Lipinski definition) is 1. The zero-order chi connectivity index (χ0) is 20.6. The molecular formula is C19H24N6O2S2. The molecule has 0 spiro atoms. The molecule has 29 heavy (non-hydrogen) atoms. The fraction of sp³-hybridized carbons (Fsp3) is 0.421. The van der Waals surface area contributed by atoms with Crippen molar-refractivity contribution in [2.45, 2.75) is 51.1 Å². The predicted molar refractivity (Wildman–Crippen MR) is 113 cm³/mol. The largest absolute Gasteiger partial charge is 0.316 e. The van der Waals surface area contributed by atoms with Gasteiger partial charge in [-0.15, -0.1) is 11.3 Å². The molecule has 0 aromatic carbocycles. The third-order valence-electron chi connectivity index (χ3n) is 4.98. The highest BCUT2D eigenvalue weighted by Crippen LogP contribution is 2.37. The Labute approximate surface area is 174 Å². The van der Waals surface area contributed by atoms with E-state index in [9.17, 15) is 8.42 Å². The maximum Gasteiger partial charge on any atom is 0.247 e. The summed E-state index contributed by atoms with van der Waals surface area (Å²) in [5.74, 6) is 0.663. The zero-order valence-electron chi connectivity index (χ0n) is 16.7. The summed E-state index contributed by atoms with van der Waals surface area (Å²) < 4.78 is 30.0. The molecule has 1 fully saturated rings. The Morgan fingerprint density at radius 2 is 2.14 bits per heavy atom. The first kappa shape index (κ1) is 20.0. The summed E-state index contributed by atoms with van der Waals surface area (Å²) in [6.07, 6.45) is 4.97. The number of thiazole rings is 1. The van der Waals surface area contributed by atoms with Crippen molar-refractivity contribution in [3.05, 3.63) is 46.9 Å². The molecule has 1 atom stereocenters. The van der Waals surface area contributed by atoms with E-state index in [1.165, 1.54) is 0 Å². The summed E-state index contributed by atoms with van der Waals surface area (Å²) in [5, 5.41) is 8.28. The molecule has 10 heteroatoms. The van der Waals surface area contributed by atoms with Crippen LogP contribution in [-0.2, 0) is 16.6 Å². The number of sulfonamides is 1. The highest BCUT2D eigenvalue weighted by molar-refractivity contribution is 7.89. The third kappa shape index (κ3) is 3.92. The number of aryl methyl sites for hydroxylation is 3. The third-order valence-corrected chi connectivity index (χ3v) is 7.82. The standard InChI is InChI=1S/C19H24N6O2S2/c1-4-24-12-17(14(3)23-24)29(26,27)25-10-6-8-16(25)15-7-5-9-18(21-15)22-19-20-11-13(2)28-19/h5,7,9,11-12,16H,4,6,8,10H2,1-3H3,(H,20,21,22)/t16-/m0/s1. The Hall–Kier alpha value is -2.30. The molecule has 3 aromatic heterocycles. The number of aromatic nitrogens is 4. The van der Waals surface area contributed by atoms with Gasteiger partial charge in [0.1, 0.15) is 10.7 Å². The van der Waals surface area contributed by atoms with Crippen LogP contribution in [0.25, 0.3) is 0 Å². The molecule has 1 N–H and O–H groups in total. The van der Waals surface area contributed by atoms with Gasteiger partial charge in [0.2, 0.25) is 10.0 Å². The Bertz CT molecular complexity index is 1120. The minimum Gasteiger partial charge on any atom is -0.316 e. The molecule has 1 saturated heterocycles. The van der Waals surface area contributed by atoms with Gasteiger partial charge in [0.05, 0.1) is 17.4 Å². The minimum absolute atomic E-state index is 0.277. The van der Waals surface area contributed by atoms with Crippen LogP contribution in [0.15, 0.2) is 35.5 Å². The van der Waals surface area contributed by atoms with Crippen LogP contribution in [0.1, 0.15) is 42.1 Å². The number of anilines is 2. The van der Waals surface area contributed by atoms with Crippen LogP contribution < -0.4 is 5.32 Å². The van der Waals surface area contributed by atoms with Crippen LogP contribution >= 0.6 is 11.3 Å². The number of nitrogens with one attached hydrogen (secondary N) is 1. The molecule has 4 heterocycles. The van der Waals surface area contributed by atoms with Gasteiger partial charge in [0, 0.05) is 30.4 Å². The van der Waals surface area contributed by atoms with Gasteiger partial charge in [-0.05, 0) is 45.7 Å². The van der Waals surface area contributed by atoms with E-state index < -0.39 is 10.0 Å². The van der Waals surface area contributed by atoms with Crippen molar-refractivity contribution in [3.63, 3.8) is 0 Å². The van der Waals surface area contributed by atoms with Crippen molar-refractivity contribution in [1.82, 2.24) is 24.1 Å². The lowest BCUT2D eigenvalue weighted by Gasteiger charge is -2.23. The quantitative estimate of drug-likeness (QED) is 0.639. The monoisotopic (exact) mass is 432 g/mol. The van der Waals surface area contributed by atoms with Crippen LogP contribution in [0, 0.1) is 13.8 Å². The lowest BCUT2D eigenvalue weighted by Crippen LogP contribution is -2.31. The highest BCUT2D eigenvalue weighted by Gasteiger charge is 2.38. The topological polar surface area (TPSA) is 93.0 Å². The average Bonchev–Trinajstić information content (AvgIpc) is 3.42. The number of rotatable bonds is 6. The molecule has 8 nitrogen and oxygen atoms in total. The second-order valence-electron chi connectivity index (χ2n) is 7.06. The number of pyridine rings is 1. The summed E-state index contributed by atoms with van der Waals surface area (Å²) in [6.45, 7) is 6.79. The van der Waals surface area contributed by atoms with Crippen LogP contribution in [0.2, 0.25) is 0 Å². The van der Waals surface area contributed by atoms with Crippen molar-refractivity contribution in [2.24, 2.45) is 0 Å². The van der Waals surface area contributed by atoms with Gasteiger partial charge < -0.3 is 5.32 Å². The fourth-order valence-corrected chi connectivity index (χ4v) is 6.10. The van der Waals surface area contributed by atoms with Gasteiger partial charge in [-0.2, -0.15) is 9.40 Å². The molecule has 0 saturated carbocycles. The second-order valence-corrected chi connectivity index (χ2v) is 10.2. The lowest BCUT2D eigenvalue weighted by atomic mass is 10.1. The predicted octanol–water partition coefficient (Wildman–Crippen LogP) is 3.64. The van der Waals surface area contributed by atoms with Gasteiger partial charge >= 0.3 is 0 Å². The van der Waals surface area contributed by atoms with Crippen LogP contribution in [0.4, 0.5) is 10.9 Å². The van der Waals surface area contributed by atoms with E-state index in [0.29, 0.717) is 24.6 Å². The van der Waals surface area contributed by atoms with Crippen LogP contribution in [0.3, 0.4) is 0 Å². The molecule has 4 rings (SSSR count). The van der Waals surface area contributed by atoms with Gasteiger partial charge in [-0.1, -0.05) is 6.07 Å². The first-order valence-electron chi connectivity index (χ1n) is 9.61. The van der Waals surface area contributed by atoms with E-state index in [1.54, 1.807) is 39.6 Å². The van der Waals surface area contributed by atoms with Crippen molar-refractivity contribution >= 4 is 32.3 Å².